The third-order valence-corrected chi connectivity index (χ3v) is 3.48. The Bertz CT molecular complexity index is 692. The monoisotopic (exact) mass is 455 g/mol. The van der Waals surface area contributed by atoms with Crippen LogP contribution in [0.5, 0.6) is 0 Å². The number of hydrogen-bond acceptors (Lipinski definition) is 3. The van der Waals surface area contributed by atoms with E-state index in [2.05, 4.69) is 26.7 Å². The average Bonchev–Trinajstić information content (AvgIpc) is 2.60. The van der Waals surface area contributed by atoms with Gasteiger partial charge in [-0.05, 0) is 35.7 Å². The van der Waals surface area contributed by atoms with Crippen molar-refractivity contribution >= 4 is 41.5 Å². The van der Waals surface area contributed by atoms with Crippen molar-refractivity contribution in [1.29, 1.82) is 5.26 Å². The summed E-state index contributed by atoms with van der Waals surface area (Å²) in [6, 6.07) is 13.3. The predicted molar refractivity (Wildman–Crippen MR) is 108 cm³/mol. The number of halogens is 2. The van der Waals surface area contributed by atoms with Crippen LogP contribution < -0.4 is 10.6 Å². The lowest BCUT2D eigenvalue weighted by Gasteiger charge is -2.12. The topological polar surface area (TPSA) is 73.1 Å². The molecule has 1 aromatic heterocycles. The van der Waals surface area contributed by atoms with E-state index < -0.39 is 0 Å². The first-order chi connectivity index (χ1) is 11.2. The predicted octanol–water partition coefficient (Wildman–Crippen LogP) is 3.13. The van der Waals surface area contributed by atoms with E-state index in [0.717, 1.165) is 30.1 Å². The number of nitriles is 1. The Morgan fingerprint density at radius 3 is 2.46 bits per heavy atom. The van der Waals surface area contributed by atoms with Crippen LogP contribution in [0.25, 0.3) is 0 Å². The number of aliphatic imine (C=N–C) groups is 1. The molecule has 24 heavy (non-hydrogen) atoms. The molecule has 0 amide bonds. The fourth-order valence-electron chi connectivity index (χ4n) is 1.98. The number of guanidine groups is 1. The van der Waals surface area contributed by atoms with Crippen molar-refractivity contribution in [3.05, 3.63) is 64.4 Å². The molecule has 1 heterocycles. The standard InChI is InChI=1S/C17H18ClN5.HI/c1-20-17(21-9-8-15-6-7-16(18)22-11-15)23-12-14-4-2-13(10-19)3-5-14;/h2-7,11H,8-9,12H2,1H3,(H2,20,21,23);1H. The number of nitrogens with one attached hydrogen (secondary N) is 2. The van der Waals surface area contributed by atoms with Gasteiger partial charge in [0.15, 0.2) is 5.96 Å². The minimum absolute atomic E-state index is 0. The summed E-state index contributed by atoms with van der Waals surface area (Å²) >= 11 is 5.76. The third kappa shape index (κ3) is 6.72. The van der Waals surface area contributed by atoms with Gasteiger partial charge in [-0.2, -0.15) is 5.26 Å². The molecule has 0 aliphatic rings. The first-order valence-electron chi connectivity index (χ1n) is 7.25. The lowest BCUT2D eigenvalue weighted by molar-refractivity contribution is 0.793. The molecule has 0 fully saturated rings. The molecule has 0 aliphatic carbocycles. The summed E-state index contributed by atoms with van der Waals surface area (Å²) in [5, 5.41) is 15.8. The molecule has 0 saturated heterocycles. The Labute approximate surface area is 164 Å². The van der Waals surface area contributed by atoms with Crippen LogP contribution in [0.1, 0.15) is 16.7 Å². The highest BCUT2D eigenvalue weighted by Crippen LogP contribution is 2.05. The number of pyridine rings is 1. The Morgan fingerprint density at radius 1 is 1.17 bits per heavy atom. The molecule has 2 N–H and O–H groups in total. The molecule has 0 atom stereocenters. The summed E-state index contributed by atoms with van der Waals surface area (Å²) in [5.74, 6) is 0.733. The van der Waals surface area contributed by atoms with Gasteiger partial charge in [-0.1, -0.05) is 29.8 Å². The second-order valence-corrected chi connectivity index (χ2v) is 5.29. The van der Waals surface area contributed by atoms with E-state index in [4.69, 9.17) is 16.9 Å². The number of rotatable bonds is 5. The van der Waals surface area contributed by atoms with E-state index in [-0.39, 0.29) is 24.0 Å². The molecule has 0 spiro atoms. The van der Waals surface area contributed by atoms with Crippen molar-refractivity contribution in [1.82, 2.24) is 15.6 Å². The van der Waals surface area contributed by atoms with Crippen molar-refractivity contribution in [3.8, 4) is 6.07 Å². The molecule has 0 unspecified atom stereocenters. The molecule has 0 bridgehead atoms. The molecule has 2 aromatic rings. The van der Waals surface area contributed by atoms with Crippen LogP contribution in [0.15, 0.2) is 47.6 Å². The first-order valence-corrected chi connectivity index (χ1v) is 7.63. The van der Waals surface area contributed by atoms with Gasteiger partial charge in [0.05, 0.1) is 11.6 Å². The fourth-order valence-corrected chi connectivity index (χ4v) is 2.09. The van der Waals surface area contributed by atoms with E-state index >= 15 is 0 Å². The molecule has 2 rings (SSSR count). The van der Waals surface area contributed by atoms with Crippen LogP contribution in [0, 0.1) is 11.3 Å². The second-order valence-electron chi connectivity index (χ2n) is 4.90. The largest absolute Gasteiger partial charge is 0.356 e. The van der Waals surface area contributed by atoms with Crippen LogP contribution in [0.2, 0.25) is 5.15 Å². The molecule has 7 heteroatoms. The molecule has 0 aliphatic heterocycles. The van der Waals surface area contributed by atoms with Gasteiger partial charge in [-0.25, -0.2) is 4.98 Å². The molecule has 0 saturated carbocycles. The molecule has 126 valence electrons. The Hall–Kier alpha value is -1.85. The third-order valence-electron chi connectivity index (χ3n) is 3.26. The summed E-state index contributed by atoms with van der Waals surface area (Å²) in [7, 11) is 1.73. The highest BCUT2D eigenvalue weighted by atomic mass is 127. The second kappa shape index (κ2) is 10.8. The minimum atomic E-state index is 0. The highest BCUT2D eigenvalue weighted by Gasteiger charge is 2.00. The van der Waals surface area contributed by atoms with Crippen molar-refractivity contribution in [2.75, 3.05) is 13.6 Å². The summed E-state index contributed by atoms with van der Waals surface area (Å²) in [4.78, 5) is 8.24. The maximum Gasteiger partial charge on any atom is 0.191 e. The summed E-state index contributed by atoms with van der Waals surface area (Å²) in [6.45, 7) is 1.39. The first kappa shape index (κ1) is 20.2. The quantitative estimate of drug-likeness (QED) is 0.314. The van der Waals surface area contributed by atoms with Crippen molar-refractivity contribution in [2.24, 2.45) is 4.99 Å². The lowest BCUT2D eigenvalue weighted by Crippen LogP contribution is -2.37. The Balaban J connectivity index is 0.00000288. The van der Waals surface area contributed by atoms with Gasteiger partial charge in [0.1, 0.15) is 5.15 Å². The number of hydrogen-bond donors (Lipinski definition) is 2. The van der Waals surface area contributed by atoms with Gasteiger partial charge in [-0.15, -0.1) is 24.0 Å². The van der Waals surface area contributed by atoms with Crippen LogP contribution in [-0.2, 0) is 13.0 Å². The zero-order valence-electron chi connectivity index (χ0n) is 13.3. The molecule has 5 nitrogen and oxygen atoms in total. The van der Waals surface area contributed by atoms with Crippen molar-refractivity contribution < 1.29 is 0 Å². The number of benzene rings is 1. The van der Waals surface area contributed by atoms with E-state index in [1.54, 1.807) is 31.4 Å². The Morgan fingerprint density at radius 2 is 1.88 bits per heavy atom. The van der Waals surface area contributed by atoms with Gasteiger partial charge in [-0.3, -0.25) is 4.99 Å². The lowest BCUT2D eigenvalue weighted by atomic mass is 10.1. The Kier molecular flexibility index (Phi) is 9.12. The van der Waals surface area contributed by atoms with Crippen molar-refractivity contribution in [2.45, 2.75) is 13.0 Å². The van der Waals surface area contributed by atoms with Crippen LogP contribution in [0.4, 0.5) is 0 Å². The summed E-state index contributed by atoms with van der Waals surface area (Å²) < 4.78 is 0. The van der Waals surface area contributed by atoms with Gasteiger partial charge in [0, 0.05) is 26.3 Å². The van der Waals surface area contributed by atoms with E-state index in [1.807, 2.05) is 18.2 Å². The SMILES string of the molecule is CN=C(NCCc1ccc(Cl)nc1)NCc1ccc(C#N)cc1.I. The highest BCUT2D eigenvalue weighted by molar-refractivity contribution is 14.0. The van der Waals surface area contributed by atoms with E-state index in [0.29, 0.717) is 17.3 Å². The molecule has 1 aromatic carbocycles. The van der Waals surface area contributed by atoms with Crippen LogP contribution in [0.3, 0.4) is 0 Å². The summed E-state index contributed by atoms with van der Waals surface area (Å²) in [6.07, 6.45) is 2.61. The molecular weight excluding hydrogens is 437 g/mol. The van der Waals surface area contributed by atoms with E-state index in [9.17, 15) is 0 Å². The van der Waals surface area contributed by atoms with Crippen molar-refractivity contribution in [3.63, 3.8) is 0 Å². The van der Waals surface area contributed by atoms with Crippen LogP contribution in [-0.4, -0.2) is 24.5 Å². The van der Waals surface area contributed by atoms with Crippen LogP contribution >= 0.6 is 35.6 Å². The molecular formula is C17H19ClIN5. The summed E-state index contributed by atoms with van der Waals surface area (Å²) in [5.41, 5.74) is 2.87. The fraction of sp³-hybridized carbons (Fsp3) is 0.235. The van der Waals surface area contributed by atoms with E-state index in [1.165, 1.54) is 0 Å². The minimum Gasteiger partial charge on any atom is -0.356 e. The average molecular weight is 456 g/mol. The normalized spacial score (nSPS) is 10.5. The van der Waals surface area contributed by atoms with Gasteiger partial charge >= 0.3 is 0 Å². The number of aromatic nitrogens is 1. The molecule has 0 radical (unpaired) electrons. The maximum atomic E-state index is 8.78. The zero-order chi connectivity index (χ0) is 16.5. The van der Waals surface area contributed by atoms with Gasteiger partial charge < -0.3 is 10.6 Å². The van der Waals surface area contributed by atoms with Gasteiger partial charge in [0.2, 0.25) is 0 Å². The van der Waals surface area contributed by atoms with Gasteiger partial charge in [0.25, 0.3) is 0 Å². The smallest absolute Gasteiger partial charge is 0.191 e. The number of nitrogens with zero attached hydrogens (tertiary/aromatic N) is 3. The maximum absolute atomic E-state index is 8.78. The zero-order valence-corrected chi connectivity index (χ0v) is 16.4.